The second-order valence-electron chi connectivity index (χ2n) is 3.69. The van der Waals surface area contributed by atoms with E-state index >= 15 is 0 Å². The normalized spacial score (nSPS) is 10.6. The van der Waals surface area contributed by atoms with E-state index in [4.69, 9.17) is 9.52 Å². The summed E-state index contributed by atoms with van der Waals surface area (Å²) in [4.78, 5) is 22.4. The summed E-state index contributed by atoms with van der Waals surface area (Å²) >= 11 is 0. The van der Waals surface area contributed by atoms with Crippen LogP contribution in [0.1, 0.15) is 21.7 Å². The summed E-state index contributed by atoms with van der Waals surface area (Å²) in [6, 6.07) is 5.05. The molecule has 82 valence electrons. The highest BCUT2D eigenvalue weighted by Crippen LogP contribution is 2.20. The van der Waals surface area contributed by atoms with Crippen molar-refractivity contribution in [3.05, 3.63) is 45.5 Å². The Kier molecular flexibility index (Phi) is 2.27. The third kappa shape index (κ3) is 1.48. The number of aromatic carboxylic acids is 1. The van der Waals surface area contributed by atoms with Gasteiger partial charge in [0.05, 0.1) is 5.39 Å². The Labute approximate surface area is 91.1 Å². The third-order valence-electron chi connectivity index (χ3n) is 2.56. The first kappa shape index (κ1) is 10.4. The number of carboxylic acid groups (broad SMARTS) is 1. The molecule has 16 heavy (non-hydrogen) atoms. The Bertz CT molecular complexity index is 637. The second kappa shape index (κ2) is 3.48. The van der Waals surface area contributed by atoms with Crippen molar-refractivity contribution >= 4 is 16.7 Å². The van der Waals surface area contributed by atoms with Crippen LogP contribution in [0.5, 0.6) is 0 Å². The van der Waals surface area contributed by atoms with E-state index in [9.17, 15) is 9.59 Å². The molecule has 4 nitrogen and oxygen atoms in total. The summed E-state index contributed by atoms with van der Waals surface area (Å²) in [5, 5.41) is 9.88. The first-order chi connectivity index (χ1) is 7.50. The number of aryl methyl sites for hydroxylation is 2. The Morgan fingerprint density at radius 1 is 1.25 bits per heavy atom. The molecule has 0 saturated carbocycles. The number of carbonyl (C=O) groups is 1. The van der Waals surface area contributed by atoms with Crippen LogP contribution in [0.3, 0.4) is 0 Å². The molecule has 0 unspecified atom stereocenters. The van der Waals surface area contributed by atoms with E-state index in [0.717, 1.165) is 11.1 Å². The van der Waals surface area contributed by atoms with Crippen molar-refractivity contribution in [2.45, 2.75) is 13.8 Å². The van der Waals surface area contributed by atoms with E-state index in [0.29, 0.717) is 10.8 Å². The first-order valence-electron chi connectivity index (χ1n) is 4.78. The molecule has 1 aromatic heterocycles. The zero-order valence-electron chi connectivity index (χ0n) is 8.90. The van der Waals surface area contributed by atoms with E-state index in [1.807, 2.05) is 19.1 Å². The van der Waals surface area contributed by atoms with Crippen molar-refractivity contribution in [2.24, 2.45) is 0 Å². The molecule has 2 aromatic rings. The van der Waals surface area contributed by atoms with Gasteiger partial charge in [-0.05, 0) is 36.4 Å². The maximum Gasteiger partial charge on any atom is 0.371 e. The van der Waals surface area contributed by atoms with Gasteiger partial charge in [0, 0.05) is 0 Å². The lowest BCUT2D eigenvalue weighted by Crippen LogP contribution is -2.08. The van der Waals surface area contributed by atoms with Gasteiger partial charge in [-0.1, -0.05) is 12.1 Å². The molecular weight excluding hydrogens is 208 g/mol. The lowest BCUT2D eigenvalue weighted by Gasteiger charge is -2.04. The molecule has 0 amide bonds. The third-order valence-corrected chi connectivity index (χ3v) is 2.56. The largest absolute Gasteiger partial charge is 0.475 e. The average molecular weight is 218 g/mol. The molecule has 0 saturated heterocycles. The Morgan fingerprint density at radius 3 is 2.50 bits per heavy atom. The lowest BCUT2D eigenvalue weighted by atomic mass is 10.0. The van der Waals surface area contributed by atoms with Crippen molar-refractivity contribution in [1.82, 2.24) is 0 Å². The highest BCUT2D eigenvalue weighted by Gasteiger charge is 2.12. The van der Waals surface area contributed by atoms with Gasteiger partial charge in [-0.2, -0.15) is 0 Å². The van der Waals surface area contributed by atoms with Crippen LogP contribution in [0.15, 0.2) is 27.4 Å². The Morgan fingerprint density at radius 2 is 1.88 bits per heavy atom. The fourth-order valence-corrected chi connectivity index (χ4v) is 1.71. The highest BCUT2D eigenvalue weighted by atomic mass is 16.4. The number of rotatable bonds is 1. The molecule has 0 aliphatic rings. The molecule has 2 rings (SSSR count). The van der Waals surface area contributed by atoms with E-state index in [2.05, 4.69) is 0 Å². The van der Waals surface area contributed by atoms with Gasteiger partial charge in [-0.3, -0.25) is 0 Å². The van der Waals surface area contributed by atoms with E-state index < -0.39 is 11.6 Å². The molecule has 4 heteroatoms. The van der Waals surface area contributed by atoms with Crippen LogP contribution in [-0.4, -0.2) is 11.1 Å². The summed E-state index contributed by atoms with van der Waals surface area (Å²) in [5.41, 5.74) is 1.04. The number of benzene rings is 1. The zero-order chi connectivity index (χ0) is 11.9. The average Bonchev–Trinajstić information content (AvgIpc) is 2.22. The molecule has 0 atom stereocenters. The van der Waals surface area contributed by atoms with Gasteiger partial charge in [-0.25, -0.2) is 9.59 Å². The molecule has 0 aliphatic heterocycles. The minimum Gasteiger partial charge on any atom is -0.475 e. The topological polar surface area (TPSA) is 67.5 Å². The Balaban J connectivity index is 2.98. The standard InChI is InChI=1S/C12H10O4/c1-6-3-4-7(2)10-8(6)5-9(11(13)14)16-12(10)15/h3-5H,1-2H3,(H,13,14). The molecule has 0 radical (unpaired) electrons. The van der Waals surface area contributed by atoms with Crippen molar-refractivity contribution < 1.29 is 14.3 Å². The van der Waals surface area contributed by atoms with Gasteiger partial charge in [0.25, 0.3) is 0 Å². The maximum atomic E-state index is 11.6. The monoisotopic (exact) mass is 218 g/mol. The molecule has 0 bridgehead atoms. The summed E-state index contributed by atoms with van der Waals surface area (Å²) < 4.78 is 4.73. The predicted octanol–water partition coefficient (Wildman–Crippen LogP) is 2.11. The smallest absolute Gasteiger partial charge is 0.371 e. The van der Waals surface area contributed by atoms with E-state index in [-0.39, 0.29) is 5.76 Å². The first-order valence-corrected chi connectivity index (χ1v) is 4.78. The van der Waals surface area contributed by atoms with Gasteiger partial charge in [0.2, 0.25) is 5.76 Å². The van der Waals surface area contributed by atoms with Gasteiger partial charge in [0.15, 0.2) is 0 Å². The van der Waals surface area contributed by atoms with Gasteiger partial charge >= 0.3 is 11.6 Å². The fraction of sp³-hybridized carbons (Fsp3) is 0.167. The highest BCUT2D eigenvalue weighted by molar-refractivity contribution is 5.93. The molecule has 0 spiro atoms. The fourth-order valence-electron chi connectivity index (χ4n) is 1.71. The molecule has 1 N–H and O–H groups in total. The maximum absolute atomic E-state index is 11.6. The zero-order valence-corrected chi connectivity index (χ0v) is 8.90. The van der Waals surface area contributed by atoms with Crippen molar-refractivity contribution in [3.8, 4) is 0 Å². The number of carboxylic acids is 1. The number of hydrogen-bond acceptors (Lipinski definition) is 3. The molecule has 1 heterocycles. The van der Waals surface area contributed by atoms with Crippen LogP contribution in [-0.2, 0) is 0 Å². The quantitative estimate of drug-likeness (QED) is 0.795. The summed E-state index contributed by atoms with van der Waals surface area (Å²) in [6.07, 6.45) is 0. The van der Waals surface area contributed by atoms with Crippen LogP contribution in [0.4, 0.5) is 0 Å². The summed E-state index contributed by atoms with van der Waals surface area (Å²) in [5.74, 6) is -1.56. The minimum atomic E-state index is -1.24. The summed E-state index contributed by atoms with van der Waals surface area (Å²) in [7, 11) is 0. The predicted molar refractivity (Wildman–Crippen MR) is 58.9 cm³/mol. The Hall–Kier alpha value is -2.10. The van der Waals surface area contributed by atoms with Gasteiger partial charge in [-0.15, -0.1) is 0 Å². The molecular formula is C12H10O4. The summed E-state index contributed by atoms with van der Waals surface area (Å²) in [6.45, 7) is 3.62. The van der Waals surface area contributed by atoms with Crippen molar-refractivity contribution in [2.75, 3.05) is 0 Å². The number of hydrogen-bond donors (Lipinski definition) is 1. The van der Waals surface area contributed by atoms with Crippen LogP contribution < -0.4 is 5.63 Å². The molecule has 0 aliphatic carbocycles. The van der Waals surface area contributed by atoms with Crippen molar-refractivity contribution in [1.29, 1.82) is 0 Å². The van der Waals surface area contributed by atoms with E-state index in [1.165, 1.54) is 6.07 Å². The van der Waals surface area contributed by atoms with Crippen LogP contribution >= 0.6 is 0 Å². The van der Waals surface area contributed by atoms with Gasteiger partial charge in [0.1, 0.15) is 0 Å². The van der Waals surface area contributed by atoms with Crippen LogP contribution in [0.2, 0.25) is 0 Å². The number of fused-ring (bicyclic) bond motifs is 1. The van der Waals surface area contributed by atoms with Crippen LogP contribution in [0, 0.1) is 13.8 Å². The van der Waals surface area contributed by atoms with Crippen LogP contribution in [0.25, 0.3) is 10.8 Å². The minimum absolute atomic E-state index is 0.328. The lowest BCUT2D eigenvalue weighted by molar-refractivity contribution is 0.0658. The SMILES string of the molecule is Cc1ccc(C)c2c(=O)oc(C(=O)O)cc12. The van der Waals surface area contributed by atoms with E-state index in [1.54, 1.807) is 6.92 Å². The second-order valence-corrected chi connectivity index (χ2v) is 3.69. The van der Waals surface area contributed by atoms with Gasteiger partial charge < -0.3 is 9.52 Å². The van der Waals surface area contributed by atoms with Crippen molar-refractivity contribution in [3.63, 3.8) is 0 Å². The molecule has 1 aromatic carbocycles. The molecule has 0 fully saturated rings.